The van der Waals surface area contributed by atoms with Gasteiger partial charge in [-0.25, -0.2) is 0 Å². The Bertz CT molecular complexity index is 794. The van der Waals surface area contributed by atoms with Gasteiger partial charge in [-0.3, -0.25) is 4.79 Å². The molecule has 116 valence electrons. The number of nitrogens with one attached hydrogen (secondary N) is 2. The first-order valence-electron chi connectivity index (χ1n) is 6.69. The molecule has 0 spiro atoms. The van der Waals surface area contributed by atoms with Crippen molar-refractivity contribution in [1.29, 1.82) is 5.26 Å². The first-order valence-corrected chi connectivity index (χ1v) is 7.86. The largest absolute Gasteiger partial charge is 0.360 e. The molecule has 0 aliphatic rings. The highest BCUT2D eigenvalue weighted by Gasteiger charge is 2.09. The number of hydrogen-bond donors (Lipinski definition) is 2. The molecule has 0 saturated carbocycles. The van der Waals surface area contributed by atoms with Gasteiger partial charge in [0.1, 0.15) is 11.6 Å². The maximum Gasteiger partial charge on any atom is 0.267 e. The Morgan fingerprint density at radius 3 is 2.48 bits per heavy atom. The minimum absolute atomic E-state index is 0.0273. The molecule has 2 aromatic rings. The average molecular weight is 391 g/mol. The zero-order chi connectivity index (χ0) is 16.8. The van der Waals surface area contributed by atoms with E-state index in [-0.39, 0.29) is 5.57 Å². The molecule has 0 heterocycles. The van der Waals surface area contributed by atoms with Crippen molar-refractivity contribution in [1.82, 2.24) is 0 Å². The van der Waals surface area contributed by atoms with Gasteiger partial charge >= 0.3 is 0 Å². The Kier molecular flexibility index (Phi) is 5.80. The fourth-order valence-corrected chi connectivity index (χ4v) is 2.14. The van der Waals surface area contributed by atoms with E-state index in [4.69, 9.17) is 16.9 Å². The second kappa shape index (κ2) is 7.82. The standard InChI is InChI=1S/C17H13BrClN3O/c1-11-8-15(6-7-16(11)18)21-10-12(9-20)17(23)22-14-4-2-13(19)3-5-14/h2-8,10,21H,1H3,(H,22,23)/b12-10-. The van der Waals surface area contributed by atoms with E-state index >= 15 is 0 Å². The number of anilines is 2. The van der Waals surface area contributed by atoms with Crippen LogP contribution in [-0.4, -0.2) is 5.91 Å². The molecular weight excluding hydrogens is 378 g/mol. The van der Waals surface area contributed by atoms with Crippen LogP contribution in [-0.2, 0) is 4.79 Å². The van der Waals surface area contributed by atoms with E-state index in [0.717, 1.165) is 15.7 Å². The van der Waals surface area contributed by atoms with E-state index < -0.39 is 5.91 Å². The third-order valence-corrected chi connectivity index (χ3v) is 4.15. The molecule has 2 rings (SSSR count). The highest BCUT2D eigenvalue weighted by atomic mass is 79.9. The van der Waals surface area contributed by atoms with E-state index in [9.17, 15) is 4.79 Å². The van der Waals surface area contributed by atoms with E-state index in [0.29, 0.717) is 10.7 Å². The zero-order valence-corrected chi connectivity index (χ0v) is 14.6. The summed E-state index contributed by atoms with van der Waals surface area (Å²) in [6, 6.07) is 14.2. The molecule has 0 fully saturated rings. The van der Waals surface area contributed by atoms with Crippen LogP contribution in [0.4, 0.5) is 11.4 Å². The number of amides is 1. The second-order valence-corrected chi connectivity index (χ2v) is 6.03. The number of nitrogens with zero attached hydrogens (tertiary/aromatic N) is 1. The van der Waals surface area contributed by atoms with Crippen LogP contribution in [0.5, 0.6) is 0 Å². The summed E-state index contributed by atoms with van der Waals surface area (Å²) in [5.41, 5.74) is 2.38. The molecule has 1 amide bonds. The van der Waals surface area contributed by atoms with Crippen LogP contribution in [0.2, 0.25) is 5.02 Å². The van der Waals surface area contributed by atoms with Crippen LogP contribution < -0.4 is 10.6 Å². The molecule has 0 aliphatic carbocycles. The van der Waals surface area contributed by atoms with Gasteiger partial charge in [0.15, 0.2) is 0 Å². The third kappa shape index (κ3) is 4.85. The minimum Gasteiger partial charge on any atom is -0.360 e. The number of carbonyl (C=O) groups excluding carboxylic acids is 1. The van der Waals surface area contributed by atoms with Crippen molar-refractivity contribution >= 4 is 44.8 Å². The van der Waals surface area contributed by atoms with Gasteiger partial charge in [-0.2, -0.15) is 5.26 Å². The zero-order valence-electron chi connectivity index (χ0n) is 12.2. The first-order chi connectivity index (χ1) is 11.0. The predicted octanol–water partition coefficient (Wildman–Crippen LogP) is 4.87. The molecule has 0 unspecified atom stereocenters. The molecule has 0 radical (unpaired) electrons. The number of aryl methyl sites for hydroxylation is 1. The molecule has 2 aromatic carbocycles. The quantitative estimate of drug-likeness (QED) is 0.578. The van der Waals surface area contributed by atoms with E-state index in [1.807, 2.05) is 31.2 Å². The molecule has 0 aromatic heterocycles. The molecule has 0 aliphatic heterocycles. The summed E-state index contributed by atoms with van der Waals surface area (Å²) in [5, 5.41) is 15.3. The van der Waals surface area contributed by atoms with E-state index in [2.05, 4.69) is 26.6 Å². The predicted molar refractivity (Wildman–Crippen MR) is 96.3 cm³/mol. The topological polar surface area (TPSA) is 64.9 Å². The highest BCUT2D eigenvalue weighted by Crippen LogP contribution is 2.20. The Balaban J connectivity index is 2.08. The lowest BCUT2D eigenvalue weighted by atomic mass is 10.2. The first kappa shape index (κ1) is 17.1. The number of carbonyl (C=O) groups is 1. The highest BCUT2D eigenvalue weighted by molar-refractivity contribution is 9.10. The van der Waals surface area contributed by atoms with Gasteiger partial charge in [0.2, 0.25) is 0 Å². The minimum atomic E-state index is -0.490. The SMILES string of the molecule is Cc1cc(N/C=C(/C#N)C(=O)Nc2ccc(Cl)cc2)ccc1Br. The molecular formula is C17H13BrClN3O. The van der Waals surface area contributed by atoms with Crippen molar-refractivity contribution in [2.75, 3.05) is 10.6 Å². The maximum absolute atomic E-state index is 12.1. The van der Waals surface area contributed by atoms with Gasteiger partial charge in [-0.05, 0) is 55.0 Å². The van der Waals surface area contributed by atoms with Gasteiger partial charge in [0, 0.05) is 27.1 Å². The Labute approximate surface area is 147 Å². The van der Waals surface area contributed by atoms with Crippen molar-refractivity contribution in [3.63, 3.8) is 0 Å². The number of benzene rings is 2. The molecule has 2 N–H and O–H groups in total. The lowest BCUT2D eigenvalue weighted by Gasteiger charge is -2.06. The second-order valence-electron chi connectivity index (χ2n) is 4.74. The van der Waals surface area contributed by atoms with Gasteiger partial charge in [-0.1, -0.05) is 27.5 Å². The Hall–Kier alpha value is -2.29. The average Bonchev–Trinajstić information content (AvgIpc) is 2.53. The summed E-state index contributed by atoms with van der Waals surface area (Å²) in [6.45, 7) is 1.96. The molecule has 6 heteroatoms. The Morgan fingerprint density at radius 1 is 1.22 bits per heavy atom. The van der Waals surface area contributed by atoms with Crippen molar-refractivity contribution in [3.8, 4) is 6.07 Å². The summed E-state index contributed by atoms with van der Waals surface area (Å²) in [7, 11) is 0. The maximum atomic E-state index is 12.1. The molecule has 23 heavy (non-hydrogen) atoms. The van der Waals surface area contributed by atoms with Gasteiger partial charge < -0.3 is 10.6 Å². The number of halogens is 2. The monoisotopic (exact) mass is 389 g/mol. The van der Waals surface area contributed by atoms with Crippen LogP contribution in [0, 0.1) is 18.3 Å². The summed E-state index contributed by atoms with van der Waals surface area (Å²) in [4.78, 5) is 12.1. The molecule has 4 nitrogen and oxygen atoms in total. The smallest absolute Gasteiger partial charge is 0.267 e. The van der Waals surface area contributed by atoms with Crippen LogP contribution in [0.15, 0.2) is 58.7 Å². The van der Waals surface area contributed by atoms with E-state index in [1.165, 1.54) is 6.20 Å². The van der Waals surface area contributed by atoms with Crippen LogP contribution in [0.25, 0.3) is 0 Å². The van der Waals surface area contributed by atoms with Gasteiger partial charge in [0.25, 0.3) is 5.91 Å². The normalized spacial score (nSPS) is 10.8. The van der Waals surface area contributed by atoms with Gasteiger partial charge in [-0.15, -0.1) is 0 Å². The fraction of sp³-hybridized carbons (Fsp3) is 0.0588. The number of hydrogen-bond acceptors (Lipinski definition) is 3. The Morgan fingerprint density at radius 2 is 1.87 bits per heavy atom. The van der Waals surface area contributed by atoms with Crippen LogP contribution in [0.3, 0.4) is 0 Å². The fourth-order valence-electron chi connectivity index (χ4n) is 1.77. The molecule has 0 saturated heterocycles. The summed E-state index contributed by atoms with van der Waals surface area (Å²) >= 11 is 9.21. The molecule has 0 bridgehead atoms. The summed E-state index contributed by atoms with van der Waals surface area (Å²) in [5.74, 6) is -0.490. The van der Waals surface area contributed by atoms with Crippen molar-refractivity contribution in [2.24, 2.45) is 0 Å². The van der Waals surface area contributed by atoms with Gasteiger partial charge in [0.05, 0.1) is 0 Å². The van der Waals surface area contributed by atoms with Crippen molar-refractivity contribution < 1.29 is 4.79 Å². The lowest BCUT2D eigenvalue weighted by Crippen LogP contribution is -2.14. The number of nitriles is 1. The summed E-state index contributed by atoms with van der Waals surface area (Å²) < 4.78 is 0.994. The van der Waals surface area contributed by atoms with Crippen molar-refractivity contribution in [3.05, 3.63) is 69.3 Å². The van der Waals surface area contributed by atoms with Crippen LogP contribution >= 0.6 is 27.5 Å². The lowest BCUT2D eigenvalue weighted by molar-refractivity contribution is -0.112. The third-order valence-electron chi connectivity index (χ3n) is 3.01. The van der Waals surface area contributed by atoms with Crippen LogP contribution in [0.1, 0.15) is 5.56 Å². The van der Waals surface area contributed by atoms with E-state index in [1.54, 1.807) is 24.3 Å². The molecule has 0 atom stereocenters. The number of rotatable bonds is 4. The van der Waals surface area contributed by atoms with Crippen molar-refractivity contribution in [2.45, 2.75) is 6.92 Å². The summed E-state index contributed by atoms with van der Waals surface area (Å²) in [6.07, 6.45) is 1.38.